The second kappa shape index (κ2) is 2.62. The third-order valence-electron chi connectivity index (χ3n) is 0.894. The average molecular weight is 171 g/mol. The third-order valence-corrected chi connectivity index (χ3v) is 1.46. The highest BCUT2D eigenvalue weighted by Gasteiger charge is 2.29. The van der Waals surface area contributed by atoms with Crippen LogP contribution in [0.5, 0.6) is 0 Å². The molecule has 0 radical (unpaired) electrons. The van der Waals surface area contributed by atoms with Gasteiger partial charge >= 0.3 is 6.16 Å². The standard InChI is InChI=1S/C4H4Cl2O3/c5-3(6)2-1-8-4(7)9-2/h2-3H,1H2. The molecule has 1 fully saturated rings. The molecule has 0 spiro atoms. The fraction of sp³-hybridized carbons (Fsp3) is 0.750. The first-order valence-corrected chi connectivity index (χ1v) is 3.19. The zero-order valence-corrected chi connectivity index (χ0v) is 5.85. The molecule has 3 nitrogen and oxygen atoms in total. The van der Waals surface area contributed by atoms with E-state index in [-0.39, 0.29) is 6.61 Å². The van der Waals surface area contributed by atoms with Crippen LogP contribution in [0.15, 0.2) is 0 Å². The van der Waals surface area contributed by atoms with E-state index in [0.717, 1.165) is 0 Å². The van der Waals surface area contributed by atoms with E-state index in [1.807, 2.05) is 0 Å². The summed E-state index contributed by atoms with van der Waals surface area (Å²) in [6, 6.07) is 0. The van der Waals surface area contributed by atoms with Gasteiger partial charge in [-0.2, -0.15) is 0 Å². The van der Waals surface area contributed by atoms with E-state index >= 15 is 0 Å². The van der Waals surface area contributed by atoms with Gasteiger partial charge in [0.25, 0.3) is 0 Å². The first-order chi connectivity index (χ1) is 4.20. The minimum absolute atomic E-state index is 0.149. The molecule has 0 aromatic rings. The summed E-state index contributed by atoms with van der Waals surface area (Å²) in [5.74, 6) is 0. The van der Waals surface area contributed by atoms with Gasteiger partial charge in [0.2, 0.25) is 0 Å². The number of carbonyl (C=O) groups is 1. The largest absolute Gasteiger partial charge is 0.508 e. The van der Waals surface area contributed by atoms with Crippen molar-refractivity contribution in [3.05, 3.63) is 0 Å². The van der Waals surface area contributed by atoms with E-state index in [0.29, 0.717) is 0 Å². The van der Waals surface area contributed by atoms with Crippen LogP contribution in [0.1, 0.15) is 0 Å². The number of hydrogen-bond donors (Lipinski definition) is 0. The van der Waals surface area contributed by atoms with Gasteiger partial charge in [-0.1, -0.05) is 0 Å². The first-order valence-electron chi connectivity index (χ1n) is 2.31. The van der Waals surface area contributed by atoms with Gasteiger partial charge in [0.1, 0.15) is 11.4 Å². The maximum atomic E-state index is 10.2. The summed E-state index contributed by atoms with van der Waals surface area (Å²) < 4.78 is 8.89. The van der Waals surface area contributed by atoms with E-state index in [1.54, 1.807) is 0 Å². The van der Waals surface area contributed by atoms with Crippen LogP contribution in [0.4, 0.5) is 4.79 Å². The van der Waals surface area contributed by atoms with E-state index in [1.165, 1.54) is 0 Å². The Morgan fingerprint density at radius 3 is 2.56 bits per heavy atom. The third kappa shape index (κ3) is 1.63. The highest BCUT2D eigenvalue weighted by Crippen LogP contribution is 2.17. The first kappa shape index (κ1) is 6.96. The smallest absolute Gasteiger partial charge is 0.430 e. The highest BCUT2D eigenvalue weighted by molar-refractivity contribution is 6.44. The van der Waals surface area contributed by atoms with Crippen molar-refractivity contribution in [3.63, 3.8) is 0 Å². The highest BCUT2D eigenvalue weighted by atomic mass is 35.5. The number of rotatable bonds is 1. The Kier molecular flexibility index (Phi) is 2.03. The second-order valence-corrected chi connectivity index (χ2v) is 2.72. The molecule has 52 valence electrons. The number of ether oxygens (including phenoxy) is 2. The predicted octanol–water partition coefficient (Wildman–Crippen LogP) is 1.33. The summed E-state index contributed by atoms with van der Waals surface area (Å²) in [7, 11) is 0. The van der Waals surface area contributed by atoms with Crippen molar-refractivity contribution in [1.29, 1.82) is 0 Å². The van der Waals surface area contributed by atoms with Gasteiger partial charge in [0.15, 0.2) is 6.10 Å². The monoisotopic (exact) mass is 170 g/mol. The lowest BCUT2D eigenvalue weighted by molar-refractivity contribution is 0.120. The lowest BCUT2D eigenvalue weighted by Crippen LogP contribution is -2.17. The number of halogens is 2. The van der Waals surface area contributed by atoms with Crippen LogP contribution in [0.25, 0.3) is 0 Å². The summed E-state index contributed by atoms with van der Waals surface area (Å²) >= 11 is 10.7. The molecule has 1 rings (SSSR count). The van der Waals surface area contributed by atoms with Crippen molar-refractivity contribution < 1.29 is 14.3 Å². The SMILES string of the molecule is O=C1OCC(C(Cl)Cl)O1. The summed E-state index contributed by atoms with van der Waals surface area (Å²) in [5.41, 5.74) is 0. The van der Waals surface area contributed by atoms with Crippen molar-refractivity contribution in [3.8, 4) is 0 Å². The van der Waals surface area contributed by atoms with E-state index < -0.39 is 17.1 Å². The van der Waals surface area contributed by atoms with E-state index in [2.05, 4.69) is 9.47 Å². The van der Waals surface area contributed by atoms with Gasteiger partial charge < -0.3 is 9.47 Å². The predicted molar refractivity (Wildman–Crippen MR) is 31.7 cm³/mol. The number of hydrogen-bond acceptors (Lipinski definition) is 3. The van der Waals surface area contributed by atoms with Gasteiger partial charge in [-0.25, -0.2) is 4.79 Å². The Morgan fingerprint density at radius 1 is 1.67 bits per heavy atom. The molecule has 0 aromatic heterocycles. The quantitative estimate of drug-likeness (QED) is 0.440. The maximum Gasteiger partial charge on any atom is 0.508 e. The molecule has 0 aromatic carbocycles. The van der Waals surface area contributed by atoms with Gasteiger partial charge in [-0.3, -0.25) is 0 Å². The topological polar surface area (TPSA) is 35.5 Å². The molecule has 1 aliphatic heterocycles. The lowest BCUT2D eigenvalue weighted by Gasteiger charge is -2.03. The minimum Gasteiger partial charge on any atom is -0.430 e. The van der Waals surface area contributed by atoms with E-state index in [9.17, 15) is 4.79 Å². The molecule has 1 heterocycles. The van der Waals surface area contributed by atoms with Gasteiger partial charge in [0, 0.05) is 0 Å². The molecule has 0 amide bonds. The molecule has 1 aliphatic rings. The van der Waals surface area contributed by atoms with Crippen LogP contribution >= 0.6 is 23.2 Å². The molecular weight excluding hydrogens is 167 g/mol. The number of carbonyl (C=O) groups excluding carboxylic acids is 1. The molecule has 0 bridgehead atoms. The maximum absolute atomic E-state index is 10.2. The molecular formula is C4H4Cl2O3. The van der Waals surface area contributed by atoms with Crippen LogP contribution < -0.4 is 0 Å². The zero-order chi connectivity index (χ0) is 6.85. The van der Waals surface area contributed by atoms with Gasteiger partial charge in [0.05, 0.1) is 0 Å². The number of alkyl halides is 2. The lowest BCUT2D eigenvalue weighted by atomic mass is 10.4. The van der Waals surface area contributed by atoms with Crippen LogP contribution in [0.3, 0.4) is 0 Å². The summed E-state index contributed by atoms with van der Waals surface area (Å²) in [5, 5.41) is 0. The minimum atomic E-state index is -0.702. The Labute approximate surface area is 61.8 Å². The summed E-state index contributed by atoms with van der Waals surface area (Å²) in [6.45, 7) is 0.149. The Morgan fingerprint density at radius 2 is 2.33 bits per heavy atom. The van der Waals surface area contributed by atoms with Crippen molar-refractivity contribution in [2.24, 2.45) is 0 Å². The average Bonchev–Trinajstić information content (AvgIpc) is 2.14. The fourth-order valence-electron chi connectivity index (χ4n) is 0.466. The molecule has 0 saturated carbocycles. The van der Waals surface area contributed by atoms with Gasteiger partial charge in [-0.05, 0) is 0 Å². The molecule has 1 atom stereocenters. The Balaban J connectivity index is 2.39. The molecule has 1 unspecified atom stereocenters. The van der Waals surface area contributed by atoms with E-state index in [4.69, 9.17) is 23.2 Å². The zero-order valence-electron chi connectivity index (χ0n) is 4.34. The van der Waals surface area contributed by atoms with Crippen LogP contribution in [0.2, 0.25) is 0 Å². The van der Waals surface area contributed by atoms with Crippen molar-refractivity contribution in [2.45, 2.75) is 10.9 Å². The van der Waals surface area contributed by atoms with Crippen LogP contribution in [0, 0.1) is 0 Å². The summed E-state index contributed by atoms with van der Waals surface area (Å²) in [6.07, 6.45) is -1.20. The molecule has 0 aliphatic carbocycles. The Hall–Kier alpha value is -0.150. The van der Waals surface area contributed by atoms with Gasteiger partial charge in [-0.15, -0.1) is 23.2 Å². The molecule has 5 heteroatoms. The van der Waals surface area contributed by atoms with Crippen LogP contribution in [-0.2, 0) is 9.47 Å². The molecule has 1 saturated heterocycles. The molecule has 0 N–H and O–H groups in total. The Bertz CT molecular complexity index is 125. The normalized spacial score (nSPS) is 26.1. The van der Waals surface area contributed by atoms with Crippen LogP contribution in [-0.4, -0.2) is 23.7 Å². The second-order valence-electron chi connectivity index (χ2n) is 1.55. The van der Waals surface area contributed by atoms with Crippen molar-refractivity contribution in [1.82, 2.24) is 0 Å². The van der Waals surface area contributed by atoms with Crippen molar-refractivity contribution in [2.75, 3.05) is 6.61 Å². The fourth-order valence-corrected chi connectivity index (χ4v) is 0.714. The van der Waals surface area contributed by atoms with Crippen molar-refractivity contribution >= 4 is 29.4 Å². The molecule has 9 heavy (non-hydrogen) atoms. The summed E-state index contributed by atoms with van der Waals surface area (Å²) in [4.78, 5) is 9.50. The number of cyclic esters (lactones) is 2.